The van der Waals surface area contributed by atoms with Crippen LogP contribution in [0.3, 0.4) is 0 Å². The van der Waals surface area contributed by atoms with Gasteiger partial charge in [0.2, 0.25) is 11.7 Å². The minimum absolute atomic E-state index is 0.00545. The minimum Gasteiger partial charge on any atom is -0.352 e. The first-order chi connectivity index (χ1) is 19.8. The van der Waals surface area contributed by atoms with E-state index in [4.69, 9.17) is 4.52 Å². The standard InChI is InChI=1S/C34H39N5O3/c1-20-28(21-8-10-22(11-9-21)30(40)36-19-33(2,3)4)17-27(18-35-20)37-31(41)25-14-24(15-26(16-25)34(5,6)7)29-38-32(42-39-29)23-12-13-23/h8-11,14-18,23H,12-13,19H2,1-7H3,(H,36,40)(H,37,41). The Morgan fingerprint density at radius 3 is 2.26 bits per heavy atom. The second kappa shape index (κ2) is 11.2. The summed E-state index contributed by atoms with van der Waals surface area (Å²) < 4.78 is 5.48. The molecule has 2 aromatic carbocycles. The smallest absolute Gasteiger partial charge is 0.255 e. The molecule has 2 heterocycles. The van der Waals surface area contributed by atoms with E-state index in [1.807, 2.05) is 49.4 Å². The summed E-state index contributed by atoms with van der Waals surface area (Å²) in [6.07, 6.45) is 3.79. The minimum atomic E-state index is -0.254. The highest BCUT2D eigenvalue weighted by Crippen LogP contribution is 2.40. The van der Waals surface area contributed by atoms with Gasteiger partial charge in [-0.15, -0.1) is 0 Å². The molecular formula is C34H39N5O3. The Hall–Kier alpha value is -4.33. The summed E-state index contributed by atoms with van der Waals surface area (Å²) in [7, 11) is 0. The lowest BCUT2D eigenvalue weighted by Gasteiger charge is -2.21. The Bertz CT molecular complexity index is 1620. The van der Waals surface area contributed by atoms with Crippen LogP contribution in [0.4, 0.5) is 5.69 Å². The molecule has 5 rings (SSSR count). The molecule has 0 spiro atoms. The quantitative estimate of drug-likeness (QED) is 0.243. The number of amides is 2. The van der Waals surface area contributed by atoms with Gasteiger partial charge in [-0.3, -0.25) is 14.6 Å². The molecule has 2 amide bonds. The molecule has 218 valence electrons. The zero-order valence-electron chi connectivity index (χ0n) is 25.5. The molecule has 42 heavy (non-hydrogen) atoms. The van der Waals surface area contributed by atoms with E-state index in [1.54, 1.807) is 12.3 Å². The highest BCUT2D eigenvalue weighted by molar-refractivity contribution is 6.05. The van der Waals surface area contributed by atoms with Crippen LogP contribution in [0.1, 0.15) is 98.2 Å². The van der Waals surface area contributed by atoms with Crippen molar-refractivity contribution in [3.8, 4) is 22.5 Å². The predicted molar refractivity (Wildman–Crippen MR) is 165 cm³/mol. The lowest BCUT2D eigenvalue weighted by atomic mass is 9.85. The van der Waals surface area contributed by atoms with Crippen LogP contribution >= 0.6 is 0 Å². The molecule has 0 saturated heterocycles. The summed E-state index contributed by atoms with van der Waals surface area (Å²) in [6.45, 7) is 15.1. The fourth-order valence-electron chi connectivity index (χ4n) is 4.51. The number of aromatic nitrogens is 3. The second-order valence-corrected chi connectivity index (χ2v) is 13.4. The highest BCUT2D eigenvalue weighted by atomic mass is 16.5. The van der Waals surface area contributed by atoms with Crippen molar-refractivity contribution in [2.45, 2.75) is 72.6 Å². The fraction of sp³-hybridized carbons (Fsp3) is 0.382. The molecule has 2 aromatic heterocycles. The van der Waals surface area contributed by atoms with Crippen molar-refractivity contribution in [2.24, 2.45) is 5.41 Å². The van der Waals surface area contributed by atoms with E-state index in [-0.39, 0.29) is 22.6 Å². The molecule has 0 atom stereocenters. The number of nitrogens with zero attached hydrogens (tertiary/aromatic N) is 3. The van der Waals surface area contributed by atoms with Gasteiger partial charge in [0.25, 0.3) is 11.8 Å². The molecule has 0 bridgehead atoms. The van der Waals surface area contributed by atoms with Crippen LogP contribution in [0, 0.1) is 12.3 Å². The van der Waals surface area contributed by atoms with E-state index in [2.05, 4.69) is 67.3 Å². The first-order valence-corrected chi connectivity index (χ1v) is 14.4. The Balaban J connectivity index is 1.37. The second-order valence-electron chi connectivity index (χ2n) is 13.4. The summed E-state index contributed by atoms with van der Waals surface area (Å²) in [5.41, 5.74) is 5.83. The molecule has 2 N–H and O–H groups in total. The van der Waals surface area contributed by atoms with Crippen LogP contribution in [0.5, 0.6) is 0 Å². The average Bonchev–Trinajstić information content (AvgIpc) is 3.67. The highest BCUT2D eigenvalue weighted by Gasteiger charge is 2.30. The van der Waals surface area contributed by atoms with Crippen molar-refractivity contribution < 1.29 is 14.1 Å². The van der Waals surface area contributed by atoms with Gasteiger partial charge in [0.05, 0.1) is 11.9 Å². The molecule has 1 aliphatic carbocycles. The normalized spacial score (nSPS) is 13.6. The number of hydrogen-bond acceptors (Lipinski definition) is 6. The number of pyridine rings is 1. The van der Waals surface area contributed by atoms with Crippen LogP contribution in [0.25, 0.3) is 22.5 Å². The number of benzene rings is 2. The summed E-state index contributed by atoms with van der Waals surface area (Å²) in [4.78, 5) is 35.2. The first kappa shape index (κ1) is 29.2. The lowest BCUT2D eigenvalue weighted by molar-refractivity contribution is 0.0938. The topological polar surface area (TPSA) is 110 Å². The van der Waals surface area contributed by atoms with Gasteiger partial charge in [0.1, 0.15) is 0 Å². The van der Waals surface area contributed by atoms with E-state index < -0.39 is 0 Å². The molecule has 0 unspecified atom stereocenters. The van der Waals surface area contributed by atoms with Gasteiger partial charge < -0.3 is 15.2 Å². The molecule has 1 fully saturated rings. The molecule has 1 saturated carbocycles. The summed E-state index contributed by atoms with van der Waals surface area (Å²) in [5.74, 6) is 1.15. The molecule has 8 heteroatoms. The van der Waals surface area contributed by atoms with Crippen molar-refractivity contribution in [3.63, 3.8) is 0 Å². The maximum atomic E-state index is 13.5. The van der Waals surface area contributed by atoms with Crippen LogP contribution in [-0.2, 0) is 5.41 Å². The monoisotopic (exact) mass is 565 g/mol. The SMILES string of the molecule is Cc1ncc(NC(=O)c2cc(-c3noc(C4CC4)n3)cc(C(C)(C)C)c2)cc1-c1ccc(C(=O)NCC(C)(C)C)cc1. The molecule has 0 radical (unpaired) electrons. The van der Waals surface area contributed by atoms with Gasteiger partial charge in [0.15, 0.2) is 0 Å². The van der Waals surface area contributed by atoms with Crippen molar-refractivity contribution in [3.05, 3.63) is 83.0 Å². The van der Waals surface area contributed by atoms with E-state index in [0.29, 0.717) is 41.0 Å². The summed E-state index contributed by atoms with van der Waals surface area (Å²) in [6, 6.07) is 15.1. The third-order valence-corrected chi connectivity index (χ3v) is 7.27. The zero-order chi connectivity index (χ0) is 30.2. The largest absolute Gasteiger partial charge is 0.352 e. The third kappa shape index (κ3) is 6.93. The van der Waals surface area contributed by atoms with Gasteiger partial charge in [-0.2, -0.15) is 4.98 Å². The summed E-state index contributed by atoms with van der Waals surface area (Å²) >= 11 is 0. The van der Waals surface area contributed by atoms with E-state index in [1.165, 1.54) is 0 Å². The Morgan fingerprint density at radius 1 is 0.905 bits per heavy atom. The summed E-state index contributed by atoms with van der Waals surface area (Å²) in [5, 5.41) is 10.2. The molecule has 8 nitrogen and oxygen atoms in total. The Morgan fingerprint density at radius 2 is 1.62 bits per heavy atom. The van der Waals surface area contributed by atoms with Crippen LogP contribution < -0.4 is 10.6 Å². The molecular weight excluding hydrogens is 526 g/mol. The number of carbonyl (C=O) groups is 2. The van der Waals surface area contributed by atoms with Crippen LogP contribution in [0.2, 0.25) is 0 Å². The maximum absolute atomic E-state index is 13.5. The number of aryl methyl sites for hydroxylation is 1. The predicted octanol–water partition coefficient (Wildman–Crippen LogP) is 7.31. The number of rotatable bonds is 7. The van der Waals surface area contributed by atoms with Gasteiger partial charge in [-0.05, 0) is 78.1 Å². The Kier molecular flexibility index (Phi) is 7.75. The number of anilines is 1. The molecule has 4 aromatic rings. The van der Waals surface area contributed by atoms with Crippen molar-refractivity contribution >= 4 is 17.5 Å². The van der Waals surface area contributed by atoms with Crippen molar-refractivity contribution in [1.29, 1.82) is 0 Å². The maximum Gasteiger partial charge on any atom is 0.255 e. The van der Waals surface area contributed by atoms with Crippen molar-refractivity contribution in [1.82, 2.24) is 20.4 Å². The Labute approximate surface area is 247 Å². The van der Waals surface area contributed by atoms with E-state index >= 15 is 0 Å². The zero-order valence-corrected chi connectivity index (χ0v) is 25.5. The average molecular weight is 566 g/mol. The number of carbonyl (C=O) groups excluding carboxylic acids is 2. The van der Waals surface area contributed by atoms with E-state index in [0.717, 1.165) is 40.8 Å². The van der Waals surface area contributed by atoms with Gasteiger partial charge >= 0.3 is 0 Å². The lowest BCUT2D eigenvalue weighted by Crippen LogP contribution is -2.32. The molecule has 0 aliphatic heterocycles. The van der Waals surface area contributed by atoms with Crippen LogP contribution in [0.15, 0.2) is 59.3 Å². The first-order valence-electron chi connectivity index (χ1n) is 14.4. The van der Waals surface area contributed by atoms with E-state index in [9.17, 15) is 9.59 Å². The number of nitrogens with one attached hydrogen (secondary N) is 2. The van der Waals surface area contributed by atoms with Crippen molar-refractivity contribution in [2.75, 3.05) is 11.9 Å². The molecule has 1 aliphatic rings. The van der Waals surface area contributed by atoms with Gasteiger partial charge in [-0.25, -0.2) is 0 Å². The number of hydrogen-bond donors (Lipinski definition) is 2. The third-order valence-electron chi connectivity index (χ3n) is 7.27. The van der Waals surface area contributed by atoms with Gasteiger partial charge in [-0.1, -0.05) is 58.8 Å². The fourth-order valence-corrected chi connectivity index (χ4v) is 4.51. The van der Waals surface area contributed by atoms with Crippen LogP contribution in [-0.4, -0.2) is 33.5 Å². The van der Waals surface area contributed by atoms with Gasteiger partial charge in [0, 0.05) is 40.4 Å².